The summed E-state index contributed by atoms with van der Waals surface area (Å²) in [6, 6.07) is 10.9. The molecule has 1 atom stereocenters. The van der Waals surface area contributed by atoms with Gasteiger partial charge in [0.2, 0.25) is 0 Å². The molecule has 1 aromatic carbocycles. The first-order valence-corrected chi connectivity index (χ1v) is 9.17. The molecule has 3 rings (SSSR count). The van der Waals surface area contributed by atoms with E-state index in [0.29, 0.717) is 11.8 Å². The van der Waals surface area contributed by atoms with Crippen molar-refractivity contribution in [2.45, 2.75) is 70.0 Å². The molecule has 0 amide bonds. The quantitative estimate of drug-likeness (QED) is 0.711. The van der Waals surface area contributed by atoms with Crippen LogP contribution in [-0.2, 0) is 9.47 Å². The van der Waals surface area contributed by atoms with Crippen molar-refractivity contribution in [2.24, 2.45) is 5.92 Å². The van der Waals surface area contributed by atoms with E-state index in [4.69, 9.17) is 9.47 Å². The van der Waals surface area contributed by atoms with Crippen LogP contribution >= 0.6 is 0 Å². The molecule has 22 heavy (non-hydrogen) atoms. The van der Waals surface area contributed by atoms with Crippen LogP contribution in [0.25, 0.3) is 0 Å². The van der Waals surface area contributed by atoms with Crippen LogP contribution in [0.3, 0.4) is 0 Å². The summed E-state index contributed by atoms with van der Waals surface area (Å²) in [7, 11) is 0. The Hall–Kier alpha value is -0.860. The summed E-state index contributed by atoms with van der Waals surface area (Å²) in [5.74, 6) is 0.953. The third kappa shape index (κ3) is 3.55. The molecule has 1 heterocycles. The monoisotopic (exact) mass is 302 g/mol. The molecule has 1 aromatic rings. The molecule has 1 aliphatic carbocycles. The lowest BCUT2D eigenvalue weighted by Gasteiger charge is -2.38. The average Bonchev–Trinajstić information content (AvgIpc) is 3.07. The predicted octanol–water partition coefficient (Wildman–Crippen LogP) is 5.28. The molecule has 1 aliphatic heterocycles. The lowest BCUT2D eigenvalue weighted by molar-refractivity contribution is -0.207. The van der Waals surface area contributed by atoms with Crippen LogP contribution in [0.15, 0.2) is 30.3 Å². The molecule has 2 nitrogen and oxygen atoms in total. The molecular weight excluding hydrogens is 272 g/mol. The Labute approximate surface area is 135 Å². The van der Waals surface area contributed by atoms with Crippen molar-refractivity contribution in [1.82, 2.24) is 0 Å². The minimum Gasteiger partial charge on any atom is -0.347 e. The van der Waals surface area contributed by atoms with Gasteiger partial charge in [-0.2, -0.15) is 0 Å². The Kier molecular flexibility index (Phi) is 5.54. The number of hydrogen-bond donors (Lipinski definition) is 0. The van der Waals surface area contributed by atoms with Crippen molar-refractivity contribution >= 4 is 0 Å². The third-order valence-corrected chi connectivity index (χ3v) is 5.61. The van der Waals surface area contributed by atoms with Crippen molar-refractivity contribution in [2.75, 3.05) is 13.2 Å². The second-order valence-corrected chi connectivity index (χ2v) is 6.90. The van der Waals surface area contributed by atoms with Crippen molar-refractivity contribution in [3.05, 3.63) is 35.9 Å². The maximum Gasteiger partial charge on any atom is 0.171 e. The van der Waals surface area contributed by atoms with Gasteiger partial charge in [0, 0.05) is 12.3 Å². The average molecular weight is 302 g/mol. The molecule has 0 N–H and O–H groups in total. The van der Waals surface area contributed by atoms with Gasteiger partial charge in [0.15, 0.2) is 5.79 Å². The smallest absolute Gasteiger partial charge is 0.171 e. The molecule has 122 valence electrons. The maximum atomic E-state index is 6.19. The first-order valence-electron chi connectivity index (χ1n) is 9.17. The molecule has 0 bridgehead atoms. The Morgan fingerprint density at radius 1 is 1.05 bits per heavy atom. The zero-order valence-electron chi connectivity index (χ0n) is 13.9. The second kappa shape index (κ2) is 7.61. The SMILES string of the molecule is CCC(CCC1(C2CCCCC2)OCCO1)c1ccccc1. The van der Waals surface area contributed by atoms with Gasteiger partial charge in [-0.15, -0.1) is 0 Å². The summed E-state index contributed by atoms with van der Waals surface area (Å²) in [6.07, 6.45) is 10.0. The molecule has 0 spiro atoms. The Bertz CT molecular complexity index is 430. The van der Waals surface area contributed by atoms with E-state index < -0.39 is 0 Å². The van der Waals surface area contributed by atoms with Gasteiger partial charge in [-0.1, -0.05) is 56.5 Å². The van der Waals surface area contributed by atoms with E-state index >= 15 is 0 Å². The summed E-state index contributed by atoms with van der Waals surface area (Å²) in [4.78, 5) is 0. The van der Waals surface area contributed by atoms with Crippen LogP contribution in [0.2, 0.25) is 0 Å². The highest BCUT2D eigenvalue weighted by molar-refractivity contribution is 5.19. The molecule has 2 fully saturated rings. The molecule has 0 aromatic heterocycles. The standard InChI is InChI=1S/C20H30O2/c1-2-17(18-9-5-3-6-10-18)13-14-20(21-15-16-22-20)19-11-7-4-8-12-19/h3,5-6,9-10,17,19H,2,4,7-8,11-16H2,1H3. The number of benzene rings is 1. The van der Waals surface area contributed by atoms with Crippen LogP contribution in [0.1, 0.15) is 69.8 Å². The molecule has 2 aliphatic rings. The largest absolute Gasteiger partial charge is 0.347 e. The third-order valence-electron chi connectivity index (χ3n) is 5.61. The van der Waals surface area contributed by atoms with Gasteiger partial charge in [-0.05, 0) is 37.2 Å². The Balaban J connectivity index is 1.66. The van der Waals surface area contributed by atoms with Gasteiger partial charge in [0.05, 0.1) is 13.2 Å². The van der Waals surface area contributed by atoms with Gasteiger partial charge < -0.3 is 9.47 Å². The van der Waals surface area contributed by atoms with Gasteiger partial charge in [0.25, 0.3) is 0 Å². The van der Waals surface area contributed by atoms with Gasteiger partial charge in [-0.3, -0.25) is 0 Å². The van der Waals surface area contributed by atoms with Crippen molar-refractivity contribution in [3.63, 3.8) is 0 Å². The minimum atomic E-state index is -0.275. The van der Waals surface area contributed by atoms with Gasteiger partial charge in [-0.25, -0.2) is 0 Å². The number of ether oxygens (including phenoxy) is 2. The minimum absolute atomic E-state index is 0.275. The van der Waals surface area contributed by atoms with E-state index in [9.17, 15) is 0 Å². The fraction of sp³-hybridized carbons (Fsp3) is 0.700. The Morgan fingerprint density at radius 3 is 2.36 bits per heavy atom. The maximum absolute atomic E-state index is 6.19. The van der Waals surface area contributed by atoms with Gasteiger partial charge in [0.1, 0.15) is 0 Å². The van der Waals surface area contributed by atoms with Crippen LogP contribution in [0.4, 0.5) is 0 Å². The van der Waals surface area contributed by atoms with Crippen LogP contribution in [0, 0.1) is 5.92 Å². The summed E-state index contributed by atoms with van der Waals surface area (Å²) < 4.78 is 12.4. The lowest BCUT2D eigenvalue weighted by atomic mass is 9.79. The normalized spacial score (nSPS) is 23.5. The molecule has 1 saturated heterocycles. The van der Waals surface area contributed by atoms with Crippen molar-refractivity contribution < 1.29 is 9.47 Å². The van der Waals surface area contributed by atoms with Crippen LogP contribution < -0.4 is 0 Å². The molecule has 1 unspecified atom stereocenters. The molecule has 1 saturated carbocycles. The van der Waals surface area contributed by atoms with E-state index in [-0.39, 0.29) is 5.79 Å². The summed E-state index contributed by atoms with van der Waals surface area (Å²) in [5.41, 5.74) is 1.46. The summed E-state index contributed by atoms with van der Waals surface area (Å²) in [6.45, 7) is 3.85. The zero-order valence-corrected chi connectivity index (χ0v) is 13.9. The molecule has 2 heteroatoms. The summed E-state index contributed by atoms with van der Waals surface area (Å²) >= 11 is 0. The highest BCUT2D eigenvalue weighted by Gasteiger charge is 2.44. The van der Waals surface area contributed by atoms with Crippen LogP contribution in [-0.4, -0.2) is 19.0 Å². The number of hydrogen-bond acceptors (Lipinski definition) is 2. The van der Waals surface area contributed by atoms with Crippen LogP contribution in [0.5, 0.6) is 0 Å². The highest BCUT2D eigenvalue weighted by Crippen LogP contribution is 2.42. The van der Waals surface area contributed by atoms with Gasteiger partial charge >= 0.3 is 0 Å². The fourth-order valence-electron chi connectivity index (χ4n) is 4.30. The second-order valence-electron chi connectivity index (χ2n) is 6.90. The van der Waals surface area contributed by atoms with E-state index in [1.54, 1.807) is 0 Å². The first-order chi connectivity index (χ1) is 10.8. The van der Waals surface area contributed by atoms with Crippen molar-refractivity contribution in [1.29, 1.82) is 0 Å². The lowest BCUT2D eigenvalue weighted by Crippen LogP contribution is -2.40. The van der Waals surface area contributed by atoms with E-state index in [1.165, 1.54) is 44.1 Å². The predicted molar refractivity (Wildman–Crippen MR) is 89.9 cm³/mol. The number of rotatable bonds is 6. The molecule has 0 radical (unpaired) electrons. The topological polar surface area (TPSA) is 18.5 Å². The zero-order chi connectivity index (χ0) is 15.3. The van der Waals surface area contributed by atoms with Crippen molar-refractivity contribution in [3.8, 4) is 0 Å². The van der Waals surface area contributed by atoms with E-state index in [1.807, 2.05) is 0 Å². The Morgan fingerprint density at radius 2 is 1.73 bits per heavy atom. The molecular formula is C20H30O2. The first kappa shape index (κ1) is 16.0. The van der Waals surface area contributed by atoms with E-state index in [2.05, 4.69) is 37.3 Å². The highest BCUT2D eigenvalue weighted by atomic mass is 16.7. The summed E-state index contributed by atoms with van der Waals surface area (Å²) in [5, 5.41) is 0. The fourth-order valence-corrected chi connectivity index (χ4v) is 4.30. The van der Waals surface area contributed by atoms with E-state index in [0.717, 1.165) is 26.1 Å².